The molecule has 0 bridgehead atoms. The van der Waals surface area contributed by atoms with E-state index in [0.29, 0.717) is 12.2 Å². The Balaban J connectivity index is 1.47. The Bertz CT molecular complexity index is 1340. The summed E-state index contributed by atoms with van der Waals surface area (Å²) in [6.07, 6.45) is 0.484. The highest BCUT2D eigenvalue weighted by Gasteiger charge is 2.34. The lowest BCUT2D eigenvalue weighted by atomic mass is 9.98. The largest absolute Gasteiger partial charge is 0.497 e. The maximum atomic E-state index is 13.3. The smallest absolute Gasteiger partial charge is 0.329 e. The molecule has 2 amide bonds. The first-order chi connectivity index (χ1) is 18.8. The number of methoxy groups -OCH3 is 1. The molecule has 2 atom stereocenters. The molecule has 8 nitrogen and oxygen atoms in total. The monoisotopic (exact) mass is 531 g/mol. The lowest BCUT2D eigenvalue weighted by molar-refractivity contribution is -0.155. The number of halogens is 1. The van der Waals surface area contributed by atoms with Crippen molar-refractivity contribution in [2.75, 3.05) is 13.7 Å². The van der Waals surface area contributed by atoms with Gasteiger partial charge in [-0.1, -0.05) is 56.3 Å². The number of nitrogens with one attached hydrogen (secondary N) is 1. The van der Waals surface area contributed by atoms with Crippen molar-refractivity contribution in [1.82, 2.24) is 10.3 Å². The number of hydrogen-bond donors (Lipinski definition) is 1. The minimum absolute atomic E-state index is 0.202. The Morgan fingerprint density at radius 2 is 1.67 bits per heavy atom. The third-order valence-corrected chi connectivity index (χ3v) is 6.42. The number of amides is 2. The summed E-state index contributed by atoms with van der Waals surface area (Å²) in [5.74, 6) is -1.90. The average Bonchev–Trinajstić information content (AvgIpc) is 3.41. The predicted octanol–water partition coefficient (Wildman–Crippen LogP) is 4.51. The molecule has 0 spiro atoms. The third kappa shape index (κ3) is 6.67. The van der Waals surface area contributed by atoms with Gasteiger partial charge >= 0.3 is 5.97 Å². The lowest BCUT2D eigenvalue weighted by Gasteiger charge is -2.24. The van der Waals surface area contributed by atoms with Crippen LogP contribution in [0.25, 0.3) is 0 Å². The summed E-state index contributed by atoms with van der Waals surface area (Å²) in [6.45, 7) is 2.94. The van der Waals surface area contributed by atoms with Crippen LogP contribution < -0.4 is 10.1 Å². The van der Waals surface area contributed by atoms with E-state index in [1.54, 1.807) is 21.0 Å². The Morgan fingerprint density at radius 1 is 1.00 bits per heavy atom. The van der Waals surface area contributed by atoms with Crippen LogP contribution in [0.15, 0.2) is 84.0 Å². The summed E-state index contributed by atoms with van der Waals surface area (Å²) in [6, 6.07) is 20.5. The van der Waals surface area contributed by atoms with Crippen LogP contribution in [0.3, 0.4) is 0 Å². The van der Waals surface area contributed by atoms with E-state index in [1.165, 1.54) is 17.1 Å². The number of esters is 1. The van der Waals surface area contributed by atoms with Crippen molar-refractivity contribution in [2.24, 2.45) is 11.0 Å². The minimum Gasteiger partial charge on any atom is -0.497 e. The summed E-state index contributed by atoms with van der Waals surface area (Å²) < 4.78 is 23.8. The molecule has 202 valence electrons. The first-order valence-corrected chi connectivity index (χ1v) is 12.6. The summed E-state index contributed by atoms with van der Waals surface area (Å²) in [7, 11) is 1.58. The molecule has 39 heavy (non-hydrogen) atoms. The number of rotatable bonds is 9. The molecule has 1 heterocycles. The van der Waals surface area contributed by atoms with Gasteiger partial charge in [0, 0.05) is 12.0 Å². The molecule has 1 N–H and O–H groups in total. The fourth-order valence-electron chi connectivity index (χ4n) is 4.24. The summed E-state index contributed by atoms with van der Waals surface area (Å²) >= 11 is 0. The Morgan fingerprint density at radius 3 is 2.28 bits per heavy atom. The van der Waals surface area contributed by atoms with Crippen LogP contribution in [0.4, 0.5) is 4.39 Å². The molecule has 0 saturated carbocycles. The predicted molar refractivity (Wildman–Crippen MR) is 144 cm³/mol. The highest BCUT2D eigenvalue weighted by molar-refractivity contribution is 6.03. The molecule has 0 aliphatic carbocycles. The Hall–Kier alpha value is -4.53. The first-order valence-electron chi connectivity index (χ1n) is 12.6. The first kappa shape index (κ1) is 27.5. The maximum Gasteiger partial charge on any atom is 0.329 e. The van der Waals surface area contributed by atoms with Crippen molar-refractivity contribution in [3.8, 4) is 5.75 Å². The quantitative estimate of drug-likeness (QED) is 0.410. The van der Waals surface area contributed by atoms with Gasteiger partial charge in [0.1, 0.15) is 17.6 Å². The van der Waals surface area contributed by atoms with Gasteiger partial charge in [-0.25, -0.2) is 14.2 Å². The van der Waals surface area contributed by atoms with Crippen LogP contribution >= 0.6 is 0 Å². The van der Waals surface area contributed by atoms with Crippen LogP contribution in [0, 0.1) is 11.7 Å². The van der Waals surface area contributed by atoms with Crippen molar-refractivity contribution in [3.05, 3.63) is 101 Å². The number of hydrazone groups is 1. The van der Waals surface area contributed by atoms with E-state index in [4.69, 9.17) is 9.47 Å². The molecule has 3 aromatic carbocycles. The summed E-state index contributed by atoms with van der Waals surface area (Å²) in [5.41, 5.74) is 2.69. The van der Waals surface area contributed by atoms with Gasteiger partial charge in [-0.15, -0.1) is 0 Å². The number of benzene rings is 3. The summed E-state index contributed by atoms with van der Waals surface area (Å²) in [5, 5.41) is 8.55. The standard InChI is InChI=1S/C30H30FN3O5/c1-19(2)28(32-29(36)22-9-13-23(31)14-10-22)30(37)39-18-27(35)34-26(21-11-15-24(38-3)16-12-21)17-25(33-34)20-7-5-4-6-8-20/h4-16,19,26,28H,17-18H2,1-3H3,(H,32,36)/t26-,28+/m1/s1. The molecule has 0 aromatic heterocycles. The van der Waals surface area contributed by atoms with Crippen molar-refractivity contribution < 1.29 is 28.2 Å². The van der Waals surface area contributed by atoms with Crippen LogP contribution in [-0.2, 0) is 14.3 Å². The molecule has 0 saturated heterocycles. The zero-order valence-corrected chi connectivity index (χ0v) is 22.0. The molecule has 1 aliphatic rings. The van der Waals surface area contributed by atoms with Gasteiger partial charge in [0.2, 0.25) is 0 Å². The van der Waals surface area contributed by atoms with E-state index in [9.17, 15) is 18.8 Å². The molecule has 3 aromatic rings. The molecule has 9 heteroatoms. The van der Waals surface area contributed by atoms with E-state index < -0.39 is 42.3 Å². The normalized spacial score (nSPS) is 15.5. The van der Waals surface area contributed by atoms with Gasteiger partial charge in [-0.3, -0.25) is 9.59 Å². The van der Waals surface area contributed by atoms with E-state index in [1.807, 2.05) is 54.6 Å². The van der Waals surface area contributed by atoms with Crippen LogP contribution in [0.5, 0.6) is 5.75 Å². The van der Waals surface area contributed by atoms with Gasteiger partial charge in [-0.2, -0.15) is 5.10 Å². The molecular formula is C30H30FN3O5. The zero-order valence-electron chi connectivity index (χ0n) is 22.0. The Kier molecular flexibility index (Phi) is 8.70. The maximum absolute atomic E-state index is 13.3. The van der Waals surface area contributed by atoms with Gasteiger partial charge in [0.25, 0.3) is 11.8 Å². The van der Waals surface area contributed by atoms with Gasteiger partial charge in [0.05, 0.1) is 18.9 Å². The Labute approximate surface area is 226 Å². The molecule has 0 radical (unpaired) electrons. The number of nitrogens with zero attached hydrogens (tertiary/aromatic N) is 2. The molecular weight excluding hydrogens is 501 g/mol. The number of hydrogen-bond acceptors (Lipinski definition) is 6. The zero-order chi connectivity index (χ0) is 27.9. The fraction of sp³-hybridized carbons (Fsp3) is 0.267. The average molecular weight is 532 g/mol. The summed E-state index contributed by atoms with van der Waals surface area (Å²) in [4.78, 5) is 38.8. The van der Waals surface area contributed by atoms with Gasteiger partial charge < -0.3 is 14.8 Å². The van der Waals surface area contributed by atoms with Crippen LogP contribution in [0.2, 0.25) is 0 Å². The lowest BCUT2D eigenvalue weighted by Crippen LogP contribution is -2.46. The van der Waals surface area contributed by atoms with Crippen molar-refractivity contribution in [1.29, 1.82) is 0 Å². The molecule has 1 aliphatic heterocycles. The highest BCUT2D eigenvalue weighted by atomic mass is 19.1. The second-order valence-corrected chi connectivity index (χ2v) is 9.45. The van der Waals surface area contributed by atoms with Crippen molar-refractivity contribution >= 4 is 23.5 Å². The van der Waals surface area contributed by atoms with Crippen LogP contribution in [-0.4, -0.2) is 48.3 Å². The molecule has 4 rings (SSSR count). The fourth-order valence-corrected chi connectivity index (χ4v) is 4.24. The number of carbonyl (C=O) groups excluding carboxylic acids is 3. The van der Waals surface area contributed by atoms with E-state index in [2.05, 4.69) is 10.4 Å². The van der Waals surface area contributed by atoms with E-state index >= 15 is 0 Å². The van der Waals surface area contributed by atoms with E-state index in [-0.39, 0.29) is 11.5 Å². The van der Waals surface area contributed by atoms with Crippen molar-refractivity contribution in [3.63, 3.8) is 0 Å². The second-order valence-electron chi connectivity index (χ2n) is 9.45. The van der Waals surface area contributed by atoms with Gasteiger partial charge in [0.15, 0.2) is 6.61 Å². The molecule has 0 unspecified atom stereocenters. The van der Waals surface area contributed by atoms with Crippen molar-refractivity contribution in [2.45, 2.75) is 32.4 Å². The topological polar surface area (TPSA) is 97.3 Å². The SMILES string of the molecule is COc1ccc([C@H]2CC(c3ccccc3)=NN2C(=O)COC(=O)[C@@H](NC(=O)c2ccc(F)cc2)C(C)C)cc1. The highest BCUT2D eigenvalue weighted by Crippen LogP contribution is 2.33. The molecule has 0 fully saturated rings. The van der Waals surface area contributed by atoms with E-state index in [0.717, 1.165) is 29.0 Å². The van der Waals surface area contributed by atoms with Gasteiger partial charge in [-0.05, 0) is 53.4 Å². The number of ether oxygens (including phenoxy) is 2. The minimum atomic E-state index is -1.00. The van der Waals surface area contributed by atoms with Crippen LogP contribution in [0.1, 0.15) is 47.8 Å². The third-order valence-electron chi connectivity index (χ3n) is 6.42. The number of carbonyl (C=O) groups is 3. The second kappa shape index (κ2) is 12.3.